The lowest BCUT2D eigenvalue weighted by atomic mass is 10.0. The van der Waals surface area contributed by atoms with Crippen molar-refractivity contribution in [2.75, 3.05) is 51.3 Å². The second kappa shape index (κ2) is 8.20. The molecule has 1 aromatic rings. The lowest BCUT2D eigenvalue weighted by Crippen LogP contribution is -2.52. The number of aliphatic imine (C=N–C) groups is 2. The van der Waals surface area contributed by atoms with Gasteiger partial charge in [0.05, 0.1) is 7.11 Å². The van der Waals surface area contributed by atoms with E-state index in [4.69, 9.17) is 17.0 Å². The van der Waals surface area contributed by atoms with Crippen molar-refractivity contribution >= 4 is 41.0 Å². The maximum absolute atomic E-state index is 12.7. The van der Waals surface area contributed by atoms with Crippen LogP contribution in [0, 0.1) is 5.92 Å². The summed E-state index contributed by atoms with van der Waals surface area (Å²) in [7, 11) is 1.68. The maximum Gasteiger partial charge on any atom is 0.243 e. The first kappa shape index (κ1) is 18.8. The van der Waals surface area contributed by atoms with Crippen LogP contribution in [0.4, 0.5) is 5.69 Å². The number of amides is 1. The van der Waals surface area contributed by atoms with E-state index in [9.17, 15) is 4.79 Å². The molecule has 3 heterocycles. The number of anilines is 1. The van der Waals surface area contributed by atoms with Crippen LogP contribution >= 0.6 is 12.2 Å². The fraction of sp³-hybridized carbons (Fsp3) is 0.400. The van der Waals surface area contributed by atoms with Crippen LogP contribution in [-0.2, 0) is 4.79 Å². The number of hydrogen-bond donors (Lipinski definition) is 0. The van der Waals surface area contributed by atoms with Gasteiger partial charge in [-0.3, -0.25) is 14.6 Å². The summed E-state index contributed by atoms with van der Waals surface area (Å²) in [5.41, 5.74) is 1.21. The van der Waals surface area contributed by atoms with E-state index in [1.165, 1.54) is 5.69 Å². The van der Waals surface area contributed by atoms with E-state index in [0.717, 1.165) is 38.5 Å². The van der Waals surface area contributed by atoms with Crippen molar-refractivity contribution in [2.24, 2.45) is 15.9 Å². The van der Waals surface area contributed by atoms with Crippen molar-refractivity contribution < 1.29 is 9.53 Å². The van der Waals surface area contributed by atoms with E-state index in [1.807, 2.05) is 18.2 Å². The van der Waals surface area contributed by atoms with E-state index in [0.29, 0.717) is 17.5 Å². The van der Waals surface area contributed by atoms with Crippen LogP contribution in [0.1, 0.15) is 0 Å². The number of piperazine rings is 1. The number of nitrogens with zero attached hydrogens (tertiary/aromatic N) is 5. The van der Waals surface area contributed by atoms with Crippen LogP contribution in [0.5, 0.6) is 5.75 Å². The molecule has 0 spiro atoms. The molecule has 0 radical (unpaired) electrons. The van der Waals surface area contributed by atoms with Gasteiger partial charge in [0, 0.05) is 51.2 Å². The van der Waals surface area contributed by atoms with Crippen molar-refractivity contribution in [1.29, 1.82) is 0 Å². The van der Waals surface area contributed by atoms with Crippen LogP contribution in [0.15, 0.2) is 46.4 Å². The van der Waals surface area contributed by atoms with Gasteiger partial charge in [-0.25, -0.2) is 9.98 Å². The molecule has 1 unspecified atom stereocenters. The number of dihydropyridines is 1. The zero-order valence-corrected chi connectivity index (χ0v) is 16.6. The van der Waals surface area contributed by atoms with Gasteiger partial charge in [0.1, 0.15) is 17.5 Å². The van der Waals surface area contributed by atoms with Gasteiger partial charge < -0.3 is 9.64 Å². The van der Waals surface area contributed by atoms with Crippen LogP contribution < -0.4 is 9.64 Å². The summed E-state index contributed by atoms with van der Waals surface area (Å²) in [6.45, 7) is 5.14. The molecule has 3 aliphatic rings. The highest BCUT2D eigenvalue weighted by Gasteiger charge is 2.34. The van der Waals surface area contributed by atoms with Gasteiger partial charge in [0.15, 0.2) is 0 Å². The summed E-state index contributed by atoms with van der Waals surface area (Å²) < 4.78 is 5.22. The van der Waals surface area contributed by atoms with Crippen LogP contribution in [0.2, 0.25) is 0 Å². The Hall–Kier alpha value is -2.58. The summed E-state index contributed by atoms with van der Waals surface area (Å²) in [6, 6.07) is 8.16. The number of carbonyl (C=O) groups excluding carboxylic acids is 1. The number of allylic oxidation sites excluding steroid dienone is 1. The van der Waals surface area contributed by atoms with Crippen LogP contribution in [0.25, 0.3) is 0 Å². The van der Waals surface area contributed by atoms with Crippen molar-refractivity contribution in [3.05, 3.63) is 36.4 Å². The highest BCUT2D eigenvalue weighted by Crippen LogP contribution is 2.21. The van der Waals surface area contributed by atoms with E-state index in [1.54, 1.807) is 24.3 Å². The fourth-order valence-electron chi connectivity index (χ4n) is 3.63. The first-order valence-electron chi connectivity index (χ1n) is 9.42. The Morgan fingerprint density at radius 1 is 1.14 bits per heavy atom. The van der Waals surface area contributed by atoms with Gasteiger partial charge in [0.25, 0.3) is 0 Å². The average molecular weight is 398 g/mol. The molecule has 1 saturated heterocycles. The molecule has 8 heteroatoms. The van der Waals surface area contributed by atoms with Crippen molar-refractivity contribution in [2.45, 2.75) is 0 Å². The lowest BCUT2D eigenvalue weighted by Gasteiger charge is -2.37. The molecule has 3 aliphatic heterocycles. The van der Waals surface area contributed by atoms with Gasteiger partial charge in [-0.05, 0) is 42.6 Å². The quantitative estimate of drug-likeness (QED) is 0.707. The van der Waals surface area contributed by atoms with Crippen molar-refractivity contribution in [1.82, 2.24) is 9.80 Å². The topological polar surface area (TPSA) is 60.7 Å². The summed E-state index contributed by atoms with van der Waals surface area (Å²) >= 11 is 5.33. The number of hydrogen-bond acceptors (Lipinski definition) is 6. The van der Waals surface area contributed by atoms with E-state index in [-0.39, 0.29) is 5.91 Å². The highest BCUT2D eigenvalue weighted by molar-refractivity contribution is 7.80. The first-order valence-corrected chi connectivity index (χ1v) is 9.82. The maximum atomic E-state index is 12.7. The zero-order chi connectivity index (χ0) is 19.5. The van der Waals surface area contributed by atoms with Gasteiger partial charge >= 0.3 is 0 Å². The average Bonchev–Trinajstić information content (AvgIpc) is 2.74. The molecule has 1 amide bonds. The van der Waals surface area contributed by atoms with E-state index >= 15 is 0 Å². The third-order valence-corrected chi connectivity index (χ3v) is 5.61. The molecule has 0 N–H and O–H groups in total. The number of ether oxygens (including phenoxy) is 1. The monoisotopic (exact) mass is 397 g/mol. The van der Waals surface area contributed by atoms with Gasteiger partial charge in [-0.1, -0.05) is 6.08 Å². The largest absolute Gasteiger partial charge is 0.497 e. The van der Waals surface area contributed by atoms with Crippen LogP contribution in [0.3, 0.4) is 0 Å². The summed E-state index contributed by atoms with van der Waals surface area (Å²) in [5, 5.41) is 0.320. The fourth-order valence-corrected chi connectivity index (χ4v) is 3.90. The third-order valence-electron chi connectivity index (χ3n) is 5.30. The molecule has 0 aromatic heterocycles. The van der Waals surface area contributed by atoms with Crippen molar-refractivity contribution in [3.8, 4) is 5.75 Å². The predicted molar refractivity (Wildman–Crippen MR) is 115 cm³/mol. The van der Waals surface area contributed by atoms with Gasteiger partial charge in [-0.2, -0.15) is 0 Å². The summed E-state index contributed by atoms with van der Waals surface area (Å²) in [6.07, 6.45) is 5.26. The Labute approximate surface area is 170 Å². The summed E-state index contributed by atoms with van der Waals surface area (Å²) in [5.74, 6) is 0.944. The molecule has 1 fully saturated rings. The molecule has 7 nitrogen and oxygen atoms in total. The normalized spacial score (nSPS) is 22.3. The molecule has 0 aliphatic carbocycles. The second-order valence-corrected chi connectivity index (χ2v) is 7.28. The molecular formula is C20H23N5O2S. The minimum absolute atomic E-state index is 0.0278. The number of thiocarbonyl (C=S) groups is 1. The minimum atomic E-state index is -0.399. The first-order chi connectivity index (χ1) is 13.7. The molecular weight excluding hydrogens is 374 g/mol. The molecule has 1 atom stereocenters. The molecule has 1 aromatic carbocycles. The number of amidine groups is 1. The molecule has 0 saturated carbocycles. The lowest BCUT2D eigenvalue weighted by molar-refractivity contribution is -0.128. The molecule has 4 rings (SSSR count). The number of fused-ring (bicyclic) bond motifs is 1. The standard InChI is InChI=1S/C20H23N5O2S/c1-27-16-6-4-15(5-7-16)24-12-9-23(10-13-24)11-14-25-19(26)17-3-2-8-21-18(17)22-20(25)28/h2-8,17H,9-14H2,1H3. The third kappa shape index (κ3) is 3.83. The Bertz CT molecular complexity index is 841. The predicted octanol–water partition coefficient (Wildman–Crippen LogP) is 1.60. The minimum Gasteiger partial charge on any atom is -0.497 e. The van der Waals surface area contributed by atoms with Crippen molar-refractivity contribution in [3.63, 3.8) is 0 Å². The number of methoxy groups -OCH3 is 1. The second-order valence-electron chi connectivity index (χ2n) is 6.91. The van der Waals surface area contributed by atoms with Gasteiger partial charge in [-0.15, -0.1) is 0 Å². The van der Waals surface area contributed by atoms with Gasteiger partial charge in [0.2, 0.25) is 11.0 Å². The molecule has 28 heavy (non-hydrogen) atoms. The Morgan fingerprint density at radius 3 is 2.61 bits per heavy atom. The smallest absolute Gasteiger partial charge is 0.243 e. The summed E-state index contributed by atoms with van der Waals surface area (Å²) in [4.78, 5) is 27.6. The number of rotatable bonds is 5. The Kier molecular flexibility index (Phi) is 5.50. The zero-order valence-electron chi connectivity index (χ0n) is 15.8. The molecule has 146 valence electrons. The Balaban J connectivity index is 1.30. The highest BCUT2D eigenvalue weighted by atomic mass is 32.1. The van der Waals surface area contributed by atoms with E-state index in [2.05, 4.69) is 31.9 Å². The number of carbonyl (C=O) groups is 1. The Morgan fingerprint density at radius 2 is 1.89 bits per heavy atom. The SMILES string of the molecule is COc1ccc(N2CCN(CCN3C(=O)C4C=CC=NC4=NC3=S)CC2)cc1. The number of benzene rings is 1. The molecule has 0 bridgehead atoms. The van der Waals surface area contributed by atoms with E-state index < -0.39 is 5.92 Å². The van der Waals surface area contributed by atoms with Crippen LogP contribution in [-0.4, -0.2) is 79.2 Å².